The van der Waals surface area contributed by atoms with Gasteiger partial charge in [-0.25, -0.2) is 4.79 Å². The van der Waals surface area contributed by atoms with Gasteiger partial charge in [-0.15, -0.1) is 0 Å². The summed E-state index contributed by atoms with van der Waals surface area (Å²) in [6.07, 6.45) is 3.25. The van der Waals surface area contributed by atoms with Crippen molar-refractivity contribution in [3.63, 3.8) is 0 Å². The minimum atomic E-state index is -0.407. The van der Waals surface area contributed by atoms with Crippen LogP contribution in [0.5, 0.6) is 0 Å². The normalized spacial score (nSPS) is 29.4. The number of hydrogen-bond acceptors (Lipinski definition) is 3. The van der Waals surface area contributed by atoms with Crippen LogP contribution in [0.4, 0.5) is 4.79 Å². The molecular formula is C15H28N2O2. The summed E-state index contributed by atoms with van der Waals surface area (Å²) in [6, 6.07) is 0.917. The molecule has 1 heterocycles. The Hall–Kier alpha value is -0.770. The zero-order chi connectivity index (χ0) is 14.3. The van der Waals surface area contributed by atoms with Crippen molar-refractivity contribution in [3.05, 3.63) is 0 Å². The fraction of sp³-hybridized carbons (Fsp3) is 0.933. The molecule has 110 valence electrons. The standard InChI is InChI=1S/C15H28N2O2/c1-14(2,3)19-13(18)17-8-6-7-11(17)10-16-12-9-15(12,4)5/h11-12,16H,6-10H2,1-5H3. The molecule has 2 aliphatic rings. The molecule has 0 spiro atoms. The molecule has 2 rings (SSSR count). The second-order valence-electron chi connectivity index (χ2n) is 7.62. The number of carbonyl (C=O) groups excluding carboxylic acids is 1. The number of hydrogen-bond donors (Lipinski definition) is 1. The summed E-state index contributed by atoms with van der Waals surface area (Å²) >= 11 is 0. The van der Waals surface area contributed by atoms with Crippen molar-refractivity contribution in [2.24, 2.45) is 5.41 Å². The first-order chi connectivity index (χ1) is 8.69. The summed E-state index contributed by atoms with van der Waals surface area (Å²) in [5.41, 5.74) is 0.0332. The number of amides is 1. The summed E-state index contributed by atoms with van der Waals surface area (Å²) < 4.78 is 5.47. The molecule has 0 radical (unpaired) electrons. The van der Waals surface area contributed by atoms with Gasteiger partial charge in [-0.1, -0.05) is 13.8 Å². The molecular weight excluding hydrogens is 240 g/mol. The van der Waals surface area contributed by atoms with Crippen LogP contribution in [0.1, 0.15) is 53.9 Å². The molecule has 4 nitrogen and oxygen atoms in total. The minimum absolute atomic E-state index is 0.160. The van der Waals surface area contributed by atoms with E-state index in [-0.39, 0.29) is 6.09 Å². The fourth-order valence-corrected chi connectivity index (χ4v) is 2.70. The molecule has 2 unspecified atom stereocenters. The maximum Gasteiger partial charge on any atom is 0.410 e. The Labute approximate surface area is 116 Å². The first-order valence-electron chi connectivity index (χ1n) is 7.42. The lowest BCUT2D eigenvalue weighted by atomic mass is 10.1. The van der Waals surface area contributed by atoms with Crippen LogP contribution < -0.4 is 5.32 Å². The highest BCUT2D eigenvalue weighted by Gasteiger charge is 2.45. The van der Waals surface area contributed by atoms with Gasteiger partial charge in [-0.3, -0.25) is 0 Å². The molecule has 1 amide bonds. The van der Waals surface area contributed by atoms with E-state index in [0.717, 1.165) is 25.9 Å². The van der Waals surface area contributed by atoms with Crippen LogP contribution in [0, 0.1) is 5.41 Å². The van der Waals surface area contributed by atoms with Crippen molar-refractivity contribution in [1.82, 2.24) is 10.2 Å². The summed E-state index contributed by atoms with van der Waals surface area (Å²) in [7, 11) is 0. The number of rotatable bonds is 3. The smallest absolute Gasteiger partial charge is 0.410 e. The van der Waals surface area contributed by atoms with Gasteiger partial charge in [0, 0.05) is 25.2 Å². The molecule has 1 saturated carbocycles. The third-order valence-corrected chi connectivity index (χ3v) is 4.12. The van der Waals surface area contributed by atoms with Crippen molar-refractivity contribution >= 4 is 6.09 Å². The third-order valence-electron chi connectivity index (χ3n) is 4.12. The second kappa shape index (κ2) is 4.97. The monoisotopic (exact) mass is 268 g/mol. The second-order valence-corrected chi connectivity index (χ2v) is 7.62. The summed E-state index contributed by atoms with van der Waals surface area (Å²) in [5, 5.41) is 3.59. The van der Waals surface area contributed by atoms with Gasteiger partial charge in [0.15, 0.2) is 0 Å². The summed E-state index contributed by atoms with van der Waals surface area (Å²) in [4.78, 5) is 14.0. The largest absolute Gasteiger partial charge is 0.444 e. The van der Waals surface area contributed by atoms with E-state index in [0.29, 0.717) is 17.5 Å². The van der Waals surface area contributed by atoms with Crippen LogP contribution in [0.15, 0.2) is 0 Å². The van der Waals surface area contributed by atoms with Gasteiger partial charge in [0.25, 0.3) is 0 Å². The molecule has 19 heavy (non-hydrogen) atoms. The van der Waals surface area contributed by atoms with E-state index in [1.165, 1.54) is 6.42 Å². The van der Waals surface area contributed by atoms with Gasteiger partial charge in [-0.2, -0.15) is 0 Å². The topological polar surface area (TPSA) is 41.6 Å². The first-order valence-corrected chi connectivity index (χ1v) is 7.42. The van der Waals surface area contributed by atoms with Gasteiger partial charge in [0.2, 0.25) is 0 Å². The van der Waals surface area contributed by atoms with Crippen LogP contribution in [0.3, 0.4) is 0 Å². The first kappa shape index (κ1) is 14.6. The van der Waals surface area contributed by atoms with Crippen LogP contribution in [0.25, 0.3) is 0 Å². The number of likely N-dealkylation sites (tertiary alicyclic amines) is 1. The SMILES string of the molecule is CC(C)(C)OC(=O)N1CCCC1CNC1CC1(C)C. The molecule has 2 fully saturated rings. The van der Waals surface area contributed by atoms with Gasteiger partial charge < -0.3 is 15.0 Å². The lowest BCUT2D eigenvalue weighted by Crippen LogP contribution is -2.44. The Morgan fingerprint density at radius 3 is 2.58 bits per heavy atom. The molecule has 1 aliphatic heterocycles. The Morgan fingerprint density at radius 2 is 2.05 bits per heavy atom. The van der Waals surface area contributed by atoms with Crippen LogP contribution in [0.2, 0.25) is 0 Å². The van der Waals surface area contributed by atoms with E-state index in [2.05, 4.69) is 19.2 Å². The molecule has 0 aromatic heterocycles. The van der Waals surface area contributed by atoms with E-state index in [1.807, 2.05) is 25.7 Å². The zero-order valence-electron chi connectivity index (χ0n) is 13.0. The molecule has 2 atom stereocenters. The van der Waals surface area contributed by atoms with E-state index < -0.39 is 5.60 Å². The van der Waals surface area contributed by atoms with Crippen LogP contribution in [-0.2, 0) is 4.74 Å². The maximum atomic E-state index is 12.1. The highest BCUT2D eigenvalue weighted by molar-refractivity contribution is 5.69. The minimum Gasteiger partial charge on any atom is -0.444 e. The number of nitrogens with zero attached hydrogens (tertiary/aromatic N) is 1. The lowest BCUT2D eigenvalue weighted by molar-refractivity contribution is 0.0226. The number of ether oxygens (including phenoxy) is 1. The molecule has 4 heteroatoms. The Morgan fingerprint density at radius 1 is 1.42 bits per heavy atom. The van der Waals surface area contributed by atoms with E-state index in [4.69, 9.17) is 4.74 Å². The van der Waals surface area contributed by atoms with E-state index in [9.17, 15) is 4.79 Å². The lowest BCUT2D eigenvalue weighted by Gasteiger charge is -2.29. The zero-order valence-corrected chi connectivity index (χ0v) is 13.0. The Kier molecular flexibility index (Phi) is 3.83. The van der Waals surface area contributed by atoms with Crippen molar-refractivity contribution < 1.29 is 9.53 Å². The highest BCUT2D eigenvalue weighted by atomic mass is 16.6. The van der Waals surface area contributed by atoms with Gasteiger partial charge in [0.05, 0.1) is 0 Å². The summed E-state index contributed by atoms with van der Waals surface area (Å²) in [5.74, 6) is 0. The van der Waals surface area contributed by atoms with Gasteiger partial charge >= 0.3 is 6.09 Å². The molecule has 0 aromatic rings. The van der Waals surface area contributed by atoms with Gasteiger partial charge in [0.1, 0.15) is 5.60 Å². The average Bonchev–Trinajstić information content (AvgIpc) is 2.71. The number of nitrogens with one attached hydrogen (secondary N) is 1. The Balaban J connectivity index is 1.81. The maximum absolute atomic E-state index is 12.1. The van der Waals surface area contributed by atoms with E-state index >= 15 is 0 Å². The van der Waals surface area contributed by atoms with Crippen molar-refractivity contribution in [1.29, 1.82) is 0 Å². The predicted molar refractivity (Wildman–Crippen MR) is 76.2 cm³/mol. The third kappa shape index (κ3) is 3.85. The molecule has 0 bridgehead atoms. The molecule has 1 aliphatic carbocycles. The molecule has 1 saturated heterocycles. The van der Waals surface area contributed by atoms with Crippen molar-refractivity contribution in [3.8, 4) is 0 Å². The molecule has 0 aromatic carbocycles. The quantitative estimate of drug-likeness (QED) is 0.855. The van der Waals surface area contributed by atoms with Crippen molar-refractivity contribution in [2.45, 2.75) is 71.6 Å². The predicted octanol–water partition coefficient (Wildman–Crippen LogP) is 2.77. The molecule has 1 N–H and O–H groups in total. The Bertz CT molecular complexity index is 347. The average molecular weight is 268 g/mol. The van der Waals surface area contributed by atoms with E-state index in [1.54, 1.807) is 0 Å². The van der Waals surface area contributed by atoms with Gasteiger partial charge in [-0.05, 0) is 45.4 Å². The fourth-order valence-electron chi connectivity index (χ4n) is 2.70. The highest BCUT2D eigenvalue weighted by Crippen LogP contribution is 2.44. The van der Waals surface area contributed by atoms with Crippen LogP contribution in [-0.4, -0.2) is 41.8 Å². The number of carbonyl (C=O) groups is 1. The summed E-state index contributed by atoms with van der Waals surface area (Å²) in [6.45, 7) is 12.0. The van der Waals surface area contributed by atoms with Crippen LogP contribution >= 0.6 is 0 Å². The van der Waals surface area contributed by atoms with Crippen molar-refractivity contribution in [2.75, 3.05) is 13.1 Å².